The normalized spacial score (nSPS) is 11.2. The van der Waals surface area contributed by atoms with E-state index in [9.17, 15) is 18.0 Å². The van der Waals surface area contributed by atoms with Crippen molar-refractivity contribution in [3.63, 3.8) is 0 Å². The van der Waals surface area contributed by atoms with Crippen molar-refractivity contribution in [1.29, 1.82) is 0 Å². The lowest BCUT2D eigenvalue weighted by Crippen LogP contribution is -2.17. The van der Waals surface area contributed by atoms with Gasteiger partial charge in [-0.1, -0.05) is 0 Å². The highest BCUT2D eigenvalue weighted by atomic mass is 32.2. The molecule has 0 radical (unpaired) electrons. The van der Waals surface area contributed by atoms with E-state index < -0.39 is 21.8 Å². The minimum absolute atomic E-state index is 0.0248. The summed E-state index contributed by atoms with van der Waals surface area (Å²) in [6.45, 7) is 7.97. The summed E-state index contributed by atoms with van der Waals surface area (Å²) in [7, 11) is -2.82. The molecule has 0 saturated carbocycles. The molecule has 1 aromatic heterocycles. The first-order valence-corrected chi connectivity index (χ1v) is 10.0. The number of anilines is 1. The van der Waals surface area contributed by atoms with Gasteiger partial charge in [-0.25, -0.2) is 17.9 Å². The number of hydrogen-bond acceptors (Lipinski definition) is 7. The number of aryl methyl sites for hydroxylation is 3. The summed E-state index contributed by atoms with van der Waals surface area (Å²) < 4.78 is 43.8. The van der Waals surface area contributed by atoms with E-state index >= 15 is 0 Å². The third-order valence-corrected chi connectivity index (χ3v) is 5.56. The molecule has 0 aliphatic carbocycles. The molecule has 0 saturated heterocycles. The van der Waals surface area contributed by atoms with Crippen LogP contribution in [-0.2, 0) is 14.8 Å². The third-order valence-electron chi connectivity index (χ3n) is 4.21. The average molecular weight is 409 g/mol. The van der Waals surface area contributed by atoms with Crippen LogP contribution in [0.25, 0.3) is 0 Å². The maximum absolute atomic E-state index is 13.0. The van der Waals surface area contributed by atoms with Crippen molar-refractivity contribution in [2.75, 3.05) is 18.4 Å². The number of carbonyl (C=O) groups is 2. The van der Waals surface area contributed by atoms with Crippen molar-refractivity contribution >= 4 is 27.7 Å². The molecule has 9 heteroatoms. The van der Waals surface area contributed by atoms with Crippen LogP contribution < -0.4 is 9.46 Å². The second-order valence-electron chi connectivity index (χ2n) is 6.21. The average Bonchev–Trinajstić information content (AvgIpc) is 2.92. The van der Waals surface area contributed by atoms with Crippen LogP contribution in [0.3, 0.4) is 0 Å². The number of furan rings is 1. The Morgan fingerprint density at radius 3 is 2.25 bits per heavy atom. The minimum Gasteiger partial charge on any atom is -0.495 e. The predicted octanol–water partition coefficient (Wildman–Crippen LogP) is 3.39. The molecule has 152 valence electrons. The predicted molar refractivity (Wildman–Crippen MR) is 103 cm³/mol. The van der Waals surface area contributed by atoms with Crippen molar-refractivity contribution in [3.05, 3.63) is 40.1 Å². The summed E-state index contributed by atoms with van der Waals surface area (Å²) in [6.07, 6.45) is 0. The maximum atomic E-state index is 13.0. The van der Waals surface area contributed by atoms with Gasteiger partial charge in [-0.05, 0) is 57.9 Å². The maximum Gasteiger partial charge on any atom is 0.344 e. The van der Waals surface area contributed by atoms with E-state index in [2.05, 4.69) is 4.72 Å². The lowest BCUT2D eigenvalue weighted by Gasteiger charge is -2.13. The van der Waals surface area contributed by atoms with E-state index in [-0.39, 0.29) is 40.0 Å². The van der Waals surface area contributed by atoms with Crippen LogP contribution in [0.15, 0.2) is 21.4 Å². The molecule has 1 N–H and O–H groups in total. The zero-order valence-electron chi connectivity index (χ0n) is 16.6. The fourth-order valence-electron chi connectivity index (χ4n) is 2.75. The van der Waals surface area contributed by atoms with Crippen LogP contribution in [0.4, 0.5) is 5.88 Å². The molecule has 0 unspecified atom stereocenters. The van der Waals surface area contributed by atoms with Crippen molar-refractivity contribution in [2.45, 2.75) is 39.5 Å². The van der Waals surface area contributed by atoms with Gasteiger partial charge in [-0.3, -0.25) is 4.79 Å². The molecule has 0 bridgehead atoms. The molecule has 0 atom stereocenters. The zero-order valence-corrected chi connectivity index (χ0v) is 17.4. The topological polar surface area (TPSA) is 112 Å². The minimum atomic E-state index is -4.18. The highest BCUT2D eigenvalue weighted by Gasteiger charge is 2.31. The number of esters is 1. The summed E-state index contributed by atoms with van der Waals surface area (Å²) >= 11 is 0. The molecular formula is C19H23NO7S. The molecule has 0 aliphatic rings. The summed E-state index contributed by atoms with van der Waals surface area (Å²) in [4.78, 5) is 24.2. The van der Waals surface area contributed by atoms with Gasteiger partial charge in [0.1, 0.15) is 22.0 Å². The molecule has 1 heterocycles. The van der Waals surface area contributed by atoms with Gasteiger partial charge >= 0.3 is 5.97 Å². The highest BCUT2D eigenvalue weighted by Crippen LogP contribution is 2.33. The molecule has 8 nitrogen and oxygen atoms in total. The molecule has 28 heavy (non-hydrogen) atoms. The van der Waals surface area contributed by atoms with Crippen LogP contribution in [-0.4, -0.2) is 33.9 Å². The fraction of sp³-hybridized carbons (Fsp3) is 0.368. The molecular weight excluding hydrogens is 386 g/mol. The quantitative estimate of drug-likeness (QED) is 0.551. The third kappa shape index (κ3) is 4.04. The summed E-state index contributed by atoms with van der Waals surface area (Å²) in [6, 6.07) is 3.06. The number of carbonyl (C=O) groups excluding carboxylic acids is 2. The molecule has 1 aromatic carbocycles. The van der Waals surface area contributed by atoms with E-state index in [0.29, 0.717) is 0 Å². The number of sulfonamides is 1. The Morgan fingerprint density at radius 2 is 1.71 bits per heavy atom. The summed E-state index contributed by atoms with van der Waals surface area (Å²) in [5.74, 6) is -1.42. The van der Waals surface area contributed by atoms with Gasteiger partial charge < -0.3 is 13.9 Å². The number of Topliss-reactive ketones (excluding diaryl/α,β-unsaturated/α-hetero) is 1. The van der Waals surface area contributed by atoms with Crippen LogP contribution in [0.1, 0.15) is 51.5 Å². The summed E-state index contributed by atoms with van der Waals surface area (Å²) in [5.41, 5.74) is 1.32. The first kappa shape index (κ1) is 21.5. The number of ether oxygens (including phenoxy) is 2. The van der Waals surface area contributed by atoms with E-state index in [1.807, 2.05) is 6.92 Å². The first-order valence-electron chi connectivity index (χ1n) is 8.53. The van der Waals surface area contributed by atoms with Gasteiger partial charge in [-0.15, -0.1) is 0 Å². The van der Waals surface area contributed by atoms with E-state index in [0.717, 1.165) is 11.1 Å². The van der Waals surface area contributed by atoms with E-state index in [1.54, 1.807) is 19.9 Å². The Kier molecular flexibility index (Phi) is 6.18. The number of rotatable bonds is 7. The van der Waals surface area contributed by atoms with Crippen LogP contribution >= 0.6 is 0 Å². The number of nitrogens with one attached hydrogen (secondary N) is 1. The van der Waals surface area contributed by atoms with Gasteiger partial charge in [-0.2, -0.15) is 0 Å². The standard InChI is InChI=1S/C19H23NO7S/c1-7-26-19(22)17-16(12(4)21)13(5)27-18(17)20-28(23,24)15-9-11(3)10(2)8-14(15)25-6/h8-9,20H,7H2,1-6H3. The second kappa shape index (κ2) is 8.05. The van der Waals surface area contributed by atoms with Crippen LogP contribution in [0, 0.1) is 20.8 Å². The molecule has 0 spiro atoms. The van der Waals surface area contributed by atoms with Gasteiger partial charge in [0.25, 0.3) is 10.0 Å². The Hall–Kier alpha value is -2.81. The molecule has 0 aliphatic heterocycles. The molecule has 0 amide bonds. The number of methoxy groups -OCH3 is 1. The van der Waals surface area contributed by atoms with Gasteiger partial charge in [0.2, 0.25) is 5.88 Å². The van der Waals surface area contributed by atoms with Gasteiger partial charge in [0.05, 0.1) is 19.3 Å². The van der Waals surface area contributed by atoms with E-state index in [1.165, 1.54) is 27.0 Å². The molecule has 0 fully saturated rings. The van der Waals surface area contributed by atoms with Crippen molar-refractivity contribution in [1.82, 2.24) is 0 Å². The van der Waals surface area contributed by atoms with Crippen LogP contribution in [0.5, 0.6) is 5.75 Å². The van der Waals surface area contributed by atoms with Gasteiger partial charge in [0.15, 0.2) is 5.78 Å². The van der Waals surface area contributed by atoms with Crippen molar-refractivity contribution < 1.29 is 31.9 Å². The molecule has 2 aromatic rings. The Balaban J connectivity index is 2.62. The number of ketones is 1. The SMILES string of the molecule is CCOC(=O)c1c(NS(=O)(=O)c2cc(C)c(C)cc2OC)oc(C)c1C(C)=O. The second-order valence-corrected chi connectivity index (χ2v) is 7.86. The largest absolute Gasteiger partial charge is 0.495 e. The fourth-order valence-corrected chi connectivity index (χ4v) is 3.99. The Morgan fingerprint density at radius 1 is 1.11 bits per heavy atom. The monoisotopic (exact) mass is 409 g/mol. The Bertz CT molecular complexity index is 1040. The van der Waals surface area contributed by atoms with Crippen molar-refractivity contribution in [3.8, 4) is 5.75 Å². The lowest BCUT2D eigenvalue weighted by atomic mass is 10.1. The van der Waals surface area contributed by atoms with Gasteiger partial charge in [0, 0.05) is 0 Å². The molecule has 2 rings (SSSR count). The number of hydrogen-bond donors (Lipinski definition) is 1. The lowest BCUT2D eigenvalue weighted by molar-refractivity contribution is 0.0524. The first-order chi connectivity index (χ1) is 13.0. The van der Waals surface area contributed by atoms with Crippen molar-refractivity contribution in [2.24, 2.45) is 0 Å². The van der Waals surface area contributed by atoms with Crippen LogP contribution in [0.2, 0.25) is 0 Å². The van der Waals surface area contributed by atoms with E-state index in [4.69, 9.17) is 13.9 Å². The zero-order chi connectivity index (χ0) is 21.2. The number of benzene rings is 1. The summed E-state index contributed by atoms with van der Waals surface area (Å²) in [5, 5.41) is 0. The highest BCUT2D eigenvalue weighted by molar-refractivity contribution is 7.92. The Labute approximate surface area is 163 Å². The smallest absolute Gasteiger partial charge is 0.344 e.